The van der Waals surface area contributed by atoms with Gasteiger partial charge in [-0.1, -0.05) is 30.3 Å². The molecule has 1 heterocycles. The van der Waals surface area contributed by atoms with Crippen LogP contribution in [0.3, 0.4) is 0 Å². The SMILES string of the molecule is COc1ccc(COc2cccnc2NC(=S)Nc2ccccc2)cc1. The first kappa shape index (κ1) is 17.7. The minimum absolute atomic E-state index is 0.420. The molecule has 0 unspecified atom stereocenters. The maximum Gasteiger partial charge on any atom is 0.176 e. The number of para-hydroxylation sites is 1. The summed E-state index contributed by atoms with van der Waals surface area (Å²) < 4.78 is 11.1. The zero-order valence-corrected chi connectivity index (χ0v) is 15.1. The van der Waals surface area contributed by atoms with E-state index in [-0.39, 0.29) is 0 Å². The van der Waals surface area contributed by atoms with Crippen LogP contribution in [0, 0.1) is 0 Å². The fraction of sp³-hybridized carbons (Fsp3) is 0.100. The summed E-state index contributed by atoms with van der Waals surface area (Å²) in [4.78, 5) is 4.32. The second kappa shape index (κ2) is 8.82. The van der Waals surface area contributed by atoms with Crippen LogP contribution in [0.15, 0.2) is 72.9 Å². The van der Waals surface area contributed by atoms with E-state index in [4.69, 9.17) is 21.7 Å². The van der Waals surface area contributed by atoms with E-state index in [2.05, 4.69) is 15.6 Å². The Hall–Kier alpha value is -3.12. The van der Waals surface area contributed by atoms with Gasteiger partial charge >= 0.3 is 0 Å². The predicted octanol–water partition coefficient (Wildman–Crippen LogP) is 4.48. The van der Waals surface area contributed by atoms with Crippen molar-refractivity contribution in [2.24, 2.45) is 0 Å². The number of ether oxygens (including phenoxy) is 2. The van der Waals surface area contributed by atoms with E-state index >= 15 is 0 Å². The van der Waals surface area contributed by atoms with Gasteiger partial charge in [0, 0.05) is 11.9 Å². The number of hydrogen-bond donors (Lipinski definition) is 2. The van der Waals surface area contributed by atoms with Gasteiger partial charge in [0.1, 0.15) is 12.4 Å². The van der Waals surface area contributed by atoms with E-state index < -0.39 is 0 Å². The average molecular weight is 365 g/mol. The van der Waals surface area contributed by atoms with Gasteiger partial charge in [-0.2, -0.15) is 0 Å². The molecule has 1 aromatic heterocycles. The molecular formula is C20H19N3O2S. The maximum atomic E-state index is 5.89. The van der Waals surface area contributed by atoms with Crippen LogP contribution in [0.4, 0.5) is 11.5 Å². The van der Waals surface area contributed by atoms with Crippen LogP contribution in [0.1, 0.15) is 5.56 Å². The van der Waals surface area contributed by atoms with Crippen LogP contribution in [0.5, 0.6) is 11.5 Å². The van der Waals surface area contributed by atoms with Gasteiger partial charge in [0.25, 0.3) is 0 Å². The Morgan fingerprint density at radius 2 is 1.73 bits per heavy atom. The van der Waals surface area contributed by atoms with Crippen molar-refractivity contribution in [1.29, 1.82) is 0 Å². The van der Waals surface area contributed by atoms with E-state index in [1.165, 1.54) is 0 Å². The molecule has 2 N–H and O–H groups in total. The molecule has 5 nitrogen and oxygen atoms in total. The third kappa shape index (κ3) is 4.94. The van der Waals surface area contributed by atoms with E-state index in [1.807, 2.05) is 66.7 Å². The minimum Gasteiger partial charge on any atom is -0.497 e. The monoisotopic (exact) mass is 365 g/mol. The van der Waals surface area contributed by atoms with Crippen LogP contribution >= 0.6 is 12.2 Å². The molecule has 132 valence electrons. The molecule has 0 aliphatic carbocycles. The Bertz CT molecular complexity index is 854. The number of methoxy groups -OCH3 is 1. The summed E-state index contributed by atoms with van der Waals surface area (Å²) in [6, 6.07) is 21.1. The normalized spacial score (nSPS) is 10.0. The highest BCUT2D eigenvalue weighted by molar-refractivity contribution is 7.80. The number of anilines is 2. The number of aromatic nitrogens is 1. The lowest BCUT2D eigenvalue weighted by molar-refractivity contribution is 0.306. The molecule has 0 aliphatic heterocycles. The largest absolute Gasteiger partial charge is 0.497 e. The van der Waals surface area contributed by atoms with E-state index in [9.17, 15) is 0 Å². The molecule has 2 aromatic carbocycles. The first-order valence-corrected chi connectivity index (χ1v) is 8.49. The number of nitrogens with one attached hydrogen (secondary N) is 2. The minimum atomic E-state index is 0.420. The summed E-state index contributed by atoms with van der Waals surface area (Å²) in [6.07, 6.45) is 1.69. The van der Waals surface area contributed by atoms with Crippen LogP contribution in [0.25, 0.3) is 0 Å². The molecule has 6 heteroatoms. The molecule has 0 spiro atoms. The first-order chi connectivity index (χ1) is 12.7. The van der Waals surface area contributed by atoms with Crippen molar-refractivity contribution in [2.45, 2.75) is 6.61 Å². The van der Waals surface area contributed by atoms with Crippen LogP contribution in [0.2, 0.25) is 0 Å². The fourth-order valence-corrected chi connectivity index (χ4v) is 2.49. The predicted molar refractivity (Wildman–Crippen MR) is 108 cm³/mol. The van der Waals surface area contributed by atoms with Gasteiger partial charge in [-0.05, 0) is 54.2 Å². The van der Waals surface area contributed by atoms with E-state index in [0.717, 1.165) is 17.0 Å². The highest BCUT2D eigenvalue weighted by Crippen LogP contribution is 2.23. The molecule has 0 saturated heterocycles. The summed E-state index contributed by atoms with van der Waals surface area (Å²) in [5, 5.41) is 6.64. The molecule has 0 aliphatic rings. The van der Waals surface area contributed by atoms with E-state index in [0.29, 0.717) is 23.3 Å². The molecule has 3 aromatic rings. The van der Waals surface area contributed by atoms with E-state index in [1.54, 1.807) is 13.3 Å². The Kier molecular flexibility index (Phi) is 6.01. The zero-order valence-electron chi connectivity index (χ0n) is 14.3. The quantitative estimate of drug-likeness (QED) is 0.628. The Morgan fingerprint density at radius 1 is 0.962 bits per heavy atom. The molecule has 0 atom stereocenters. The Balaban J connectivity index is 1.62. The zero-order chi connectivity index (χ0) is 18.2. The molecule has 3 rings (SSSR count). The molecule has 26 heavy (non-hydrogen) atoms. The summed E-state index contributed by atoms with van der Waals surface area (Å²) >= 11 is 5.35. The van der Waals surface area contributed by atoms with Crippen molar-refractivity contribution < 1.29 is 9.47 Å². The standard InChI is InChI=1S/C20H19N3O2S/c1-24-17-11-9-15(10-12-17)14-25-18-8-5-13-21-19(18)23-20(26)22-16-6-3-2-4-7-16/h2-13H,14H2,1H3,(H2,21,22,23,26). The number of hydrogen-bond acceptors (Lipinski definition) is 4. The number of nitrogens with zero attached hydrogens (tertiary/aromatic N) is 1. The van der Waals surface area contributed by atoms with Gasteiger partial charge in [-0.25, -0.2) is 4.98 Å². The van der Waals surface area contributed by atoms with Crippen molar-refractivity contribution in [3.8, 4) is 11.5 Å². The smallest absolute Gasteiger partial charge is 0.176 e. The molecule has 0 amide bonds. The van der Waals surface area contributed by atoms with Crippen molar-refractivity contribution in [1.82, 2.24) is 4.98 Å². The third-order valence-corrected chi connectivity index (χ3v) is 3.79. The topological polar surface area (TPSA) is 55.4 Å². The van der Waals surface area contributed by atoms with Crippen molar-refractivity contribution in [3.05, 3.63) is 78.5 Å². The second-order valence-electron chi connectivity index (χ2n) is 5.43. The van der Waals surface area contributed by atoms with Gasteiger partial charge < -0.3 is 20.1 Å². The van der Waals surface area contributed by atoms with Gasteiger partial charge in [0.05, 0.1) is 7.11 Å². The number of rotatable bonds is 6. The number of thiocarbonyl (C=S) groups is 1. The van der Waals surface area contributed by atoms with Gasteiger partial charge in [0.2, 0.25) is 0 Å². The number of pyridine rings is 1. The lowest BCUT2D eigenvalue weighted by Gasteiger charge is -2.14. The van der Waals surface area contributed by atoms with Crippen molar-refractivity contribution >= 4 is 28.8 Å². The van der Waals surface area contributed by atoms with Gasteiger partial charge in [0.15, 0.2) is 16.7 Å². The summed E-state index contributed by atoms with van der Waals surface area (Å²) in [6.45, 7) is 0.420. The maximum absolute atomic E-state index is 5.89. The van der Waals surface area contributed by atoms with Crippen LogP contribution in [-0.2, 0) is 6.61 Å². The summed E-state index contributed by atoms with van der Waals surface area (Å²) in [7, 11) is 1.64. The van der Waals surface area contributed by atoms with Crippen molar-refractivity contribution in [3.63, 3.8) is 0 Å². The van der Waals surface area contributed by atoms with Gasteiger partial charge in [-0.15, -0.1) is 0 Å². The summed E-state index contributed by atoms with van der Waals surface area (Å²) in [5.74, 6) is 2.00. The number of benzene rings is 2. The molecular weight excluding hydrogens is 346 g/mol. The molecule has 0 saturated carbocycles. The lowest BCUT2D eigenvalue weighted by atomic mass is 10.2. The molecule has 0 fully saturated rings. The molecule has 0 radical (unpaired) electrons. The third-order valence-electron chi connectivity index (χ3n) is 3.59. The van der Waals surface area contributed by atoms with Crippen LogP contribution < -0.4 is 20.1 Å². The highest BCUT2D eigenvalue weighted by atomic mass is 32.1. The average Bonchev–Trinajstić information content (AvgIpc) is 2.68. The summed E-state index contributed by atoms with van der Waals surface area (Å²) in [5.41, 5.74) is 1.94. The Morgan fingerprint density at radius 3 is 2.46 bits per heavy atom. The first-order valence-electron chi connectivity index (χ1n) is 8.08. The fourth-order valence-electron chi connectivity index (χ4n) is 2.28. The lowest BCUT2D eigenvalue weighted by Crippen LogP contribution is -2.20. The Labute approximate surface area is 158 Å². The van der Waals surface area contributed by atoms with Gasteiger partial charge in [-0.3, -0.25) is 0 Å². The molecule has 0 bridgehead atoms. The van der Waals surface area contributed by atoms with Crippen molar-refractivity contribution in [2.75, 3.05) is 17.7 Å². The highest BCUT2D eigenvalue weighted by Gasteiger charge is 2.07. The second-order valence-corrected chi connectivity index (χ2v) is 5.84. The van der Waals surface area contributed by atoms with Crippen LogP contribution in [-0.4, -0.2) is 17.2 Å².